The quantitative estimate of drug-likeness (QED) is 0.226. The van der Waals surface area contributed by atoms with Crippen LogP contribution in [-0.4, -0.2) is 25.8 Å². The average molecular weight is 372 g/mol. The second-order valence-corrected chi connectivity index (χ2v) is 5.31. The highest BCUT2D eigenvalue weighted by Crippen LogP contribution is 2.29. The first-order chi connectivity index (χ1) is 11.5. The molecule has 0 spiro atoms. The van der Waals surface area contributed by atoms with E-state index < -0.39 is 5.97 Å². The molecule has 0 heterocycles. The molecule has 1 rings (SSSR count). The lowest BCUT2D eigenvalue weighted by Crippen LogP contribution is -2.25. The van der Waals surface area contributed by atoms with Crippen LogP contribution < -0.4 is 10.9 Å². The summed E-state index contributed by atoms with van der Waals surface area (Å²) < 4.78 is 10.1. The van der Waals surface area contributed by atoms with Gasteiger partial charge in [0.05, 0.1) is 28.0 Å². The molecule has 1 aromatic rings. The molecule has 8 heteroatoms. The molecule has 1 aromatic carbocycles. The predicted octanol–water partition coefficient (Wildman–Crippen LogP) is 3.68. The fourth-order valence-electron chi connectivity index (χ4n) is 1.73. The molecule has 0 aliphatic heterocycles. The number of ether oxygens (including phenoxy) is 2. The van der Waals surface area contributed by atoms with Crippen LogP contribution in [0, 0.1) is 11.3 Å². The molecule has 0 aromatic heterocycles. The Labute approximate surface area is 151 Å². The number of benzene rings is 1. The third-order valence-corrected chi connectivity index (χ3v) is 3.57. The first kappa shape index (κ1) is 20.1. The molecule has 0 amide bonds. The van der Waals surface area contributed by atoms with E-state index >= 15 is 0 Å². The minimum absolute atomic E-state index is 0.0820. The third kappa shape index (κ3) is 5.93. The molecule has 0 aliphatic rings. The lowest BCUT2D eigenvalue weighted by Gasteiger charge is -2.15. The molecule has 130 valence electrons. The summed E-state index contributed by atoms with van der Waals surface area (Å²) in [4.78, 5) is 12.0. The van der Waals surface area contributed by atoms with Crippen molar-refractivity contribution in [3.63, 3.8) is 0 Å². The summed E-state index contributed by atoms with van der Waals surface area (Å²) in [5.74, 6) is -0.714. The number of allylic oxidation sites excluding steroid dienone is 1. The standard InChI is InChI=1S/C16H19Cl2N3O3/c1-3-14(11(10-19)16(22)24-9-8-23-4-2)20-21-15-12(17)6-5-7-13(15)18/h5-7,20-21H,3-4,8-9H2,1-2H3. The van der Waals surface area contributed by atoms with Gasteiger partial charge >= 0.3 is 5.97 Å². The summed E-state index contributed by atoms with van der Waals surface area (Å²) in [6.45, 7) is 4.53. The van der Waals surface area contributed by atoms with Gasteiger partial charge in [-0.15, -0.1) is 0 Å². The van der Waals surface area contributed by atoms with Gasteiger partial charge in [0.1, 0.15) is 12.7 Å². The molecule has 0 saturated carbocycles. The van der Waals surface area contributed by atoms with E-state index in [1.54, 1.807) is 25.1 Å². The van der Waals surface area contributed by atoms with Crippen molar-refractivity contribution in [3.8, 4) is 6.07 Å². The van der Waals surface area contributed by atoms with Crippen molar-refractivity contribution >= 4 is 34.9 Å². The van der Waals surface area contributed by atoms with Crippen molar-refractivity contribution in [1.82, 2.24) is 5.43 Å². The number of anilines is 1. The summed E-state index contributed by atoms with van der Waals surface area (Å²) in [7, 11) is 0. The molecule has 0 radical (unpaired) electrons. The van der Waals surface area contributed by atoms with Crippen molar-refractivity contribution in [2.24, 2.45) is 0 Å². The molecule has 0 unspecified atom stereocenters. The monoisotopic (exact) mass is 371 g/mol. The normalized spacial score (nSPS) is 11.3. The van der Waals surface area contributed by atoms with Gasteiger partial charge in [0.2, 0.25) is 0 Å². The molecule has 0 atom stereocenters. The molecular formula is C16H19Cl2N3O3. The second kappa shape index (κ2) is 10.8. The van der Waals surface area contributed by atoms with Gasteiger partial charge in [-0.1, -0.05) is 36.2 Å². The minimum atomic E-state index is -0.714. The molecule has 24 heavy (non-hydrogen) atoms. The van der Waals surface area contributed by atoms with Crippen molar-refractivity contribution in [1.29, 1.82) is 5.26 Å². The number of esters is 1. The maximum absolute atomic E-state index is 12.0. The van der Waals surface area contributed by atoms with Crippen LogP contribution in [0.2, 0.25) is 10.0 Å². The van der Waals surface area contributed by atoms with Gasteiger partial charge in [0, 0.05) is 6.61 Å². The van der Waals surface area contributed by atoms with E-state index in [9.17, 15) is 10.1 Å². The number of nitriles is 1. The second-order valence-electron chi connectivity index (χ2n) is 4.50. The van der Waals surface area contributed by atoms with Crippen LogP contribution in [0.3, 0.4) is 0 Å². The van der Waals surface area contributed by atoms with E-state index in [1.165, 1.54) is 0 Å². The Hall–Kier alpha value is -1.94. The molecule has 6 nitrogen and oxygen atoms in total. The molecule has 0 aliphatic carbocycles. The lowest BCUT2D eigenvalue weighted by molar-refractivity contribution is -0.140. The van der Waals surface area contributed by atoms with Crippen LogP contribution in [0.1, 0.15) is 20.3 Å². The number of rotatable bonds is 9. The van der Waals surface area contributed by atoms with E-state index in [0.717, 1.165) is 0 Å². The number of para-hydroxylation sites is 1. The summed E-state index contributed by atoms with van der Waals surface area (Å²) in [5.41, 5.74) is 6.33. The number of carbonyl (C=O) groups is 1. The zero-order valence-electron chi connectivity index (χ0n) is 13.5. The van der Waals surface area contributed by atoms with Gasteiger partial charge < -0.3 is 14.9 Å². The third-order valence-electron chi connectivity index (χ3n) is 2.94. The van der Waals surface area contributed by atoms with Crippen LogP contribution in [0.5, 0.6) is 0 Å². The highest BCUT2D eigenvalue weighted by molar-refractivity contribution is 6.39. The summed E-state index contributed by atoms with van der Waals surface area (Å²) >= 11 is 12.1. The van der Waals surface area contributed by atoms with E-state index in [-0.39, 0.29) is 18.8 Å². The minimum Gasteiger partial charge on any atom is -0.459 e. The van der Waals surface area contributed by atoms with Crippen LogP contribution in [0.25, 0.3) is 0 Å². The predicted molar refractivity (Wildman–Crippen MR) is 93.6 cm³/mol. The van der Waals surface area contributed by atoms with Crippen LogP contribution in [0.4, 0.5) is 5.69 Å². The van der Waals surface area contributed by atoms with Crippen molar-refractivity contribution in [2.45, 2.75) is 20.3 Å². The first-order valence-electron chi connectivity index (χ1n) is 7.39. The van der Waals surface area contributed by atoms with Crippen LogP contribution in [0.15, 0.2) is 29.5 Å². The highest BCUT2D eigenvalue weighted by Gasteiger charge is 2.16. The van der Waals surface area contributed by atoms with Gasteiger partial charge in [0.15, 0.2) is 5.57 Å². The van der Waals surface area contributed by atoms with Crippen LogP contribution >= 0.6 is 23.2 Å². The fourth-order valence-corrected chi connectivity index (χ4v) is 2.22. The molecule has 2 N–H and O–H groups in total. The van der Waals surface area contributed by atoms with E-state index in [0.29, 0.717) is 34.5 Å². The molecule has 0 fully saturated rings. The summed E-state index contributed by atoms with van der Waals surface area (Å²) in [6.07, 6.45) is 0.401. The maximum Gasteiger partial charge on any atom is 0.350 e. The zero-order chi connectivity index (χ0) is 17.9. The van der Waals surface area contributed by atoms with Gasteiger partial charge in [0.25, 0.3) is 0 Å². The van der Waals surface area contributed by atoms with Crippen molar-refractivity contribution in [2.75, 3.05) is 25.2 Å². The maximum atomic E-state index is 12.0. The zero-order valence-corrected chi connectivity index (χ0v) is 15.0. The van der Waals surface area contributed by atoms with Crippen LogP contribution in [-0.2, 0) is 14.3 Å². The largest absolute Gasteiger partial charge is 0.459 e. The van der Waals surface area contributed by atoms with Gasteiger partial charge in [-0.3, -0.25) is 5.43 Å². The SMILES string of the molecule is CCOCCOC(=O)C(C#N)=C(CC)NNc1c(Cl)cccc1Cl. The Morgan fingerprint density at radius 2 is 1.92 bits per heavy atom. The highest BCUT2D eigenvalue weighted by atomic mass is 35.5. The lowest BCUT2D eigenvalue weighted by atomic mass is 10.2. The Balaban J connectivity index is 2.81. The van der Waals surface area contributed by atoms with E-state index in [4.69, 9.17) is 32.7 Å². The van der Waals surface area contributed by atoms with Gasteiger partial charge in [-0.25, -0.2) is 4.79 Å². The Bertz CT molecular complexity index is 622. The number of hydrogen-bond donors (Lipinski definition) is 2. The molecule has 0 saturated heterocycles. The number of hydrogen-bond acceptors (Lipinski definition) is 6. The summed E-state index contributed by atoms with van der Waals surface area (Å²) in [6, 6.07) is 6.90. The van der Waals surface area contributed by atoms with Gasteiger partial charge in [-0.2, -0.15) is 5.26 Å². The average Bonchev–Trinajstić information content (AvgIpc) is 2.57. The smallest absolute Gasteiger partial charge is 0.350 e. The molecule has 0 bridgehead atoms. The van der Waals surface area contributed by atoms with E-state index in [2.05, 4.69) is 10.9 Å². The number of nitrogens with one attached hydrogen (secondary N) is 2. The van der Waals surface area contributed by atoms with Crippen molar-refractivity contribution < 1.29 is 14.3 Å². The molecular weight excluding hydrogens is 353 g/mol. The number of nitrogens with zero attached hydrogens (tertiary/aromatic N) is 1. The first-order valence-corrected chi connectivity index (χ1v) is 8.14. The van der Waals surface area contributed by atoms with E-state index in [1.807, 2.05) is 13.0 Å². The number of hydrazine groups is 1. The van der Waals surface area contributed by atoms with Gasteiger partial charge in [-0.05, 0) is 25.5 Å². The Morgan fingerprint density at radius 3 is 2.46 bits per heavy atom. The summed E-state index contributed by atoms with van der Waals surface area (Å²) in [5, 5.41) is 10.1. The topological polar surface area (TPSA) is 83.4 Å². The fraction of sp³-hybridized carbons (Fsp3) is 0.375. The Morgan fingerprint density at radius 1 is 1.25 bits per heavy atom. The Kier molecular flexibility index (Phi) is 9.02. The van der Waals surface area contributed by atoms with Crippen molar-refractivity contribution in [3.05, 3.63) is 39.5 Å². The number of carbonyl (C=O) groups excluding carboxylic acids is 1. The number of halogens is 2.